The lowest BCUT2D eigenvalue weighted by molar-refractivity contribution is 0.128. The third-order valence-electron chi connectivity index (χ3n) is 3.92. The Morgan fingerprint density at radius 2 is 2.35 bits per heavy atom. The molecule has 2 aromatic heterocycles. The highest BCUT2D eigenvalue weighted by atomic mass is 32.1. The molecule has 0 aliphatic heterocycles. The molecule has 0 radical (unpaired) electrons. The van der Waals surface area contributed by atoms with E-state index in [1.807, 2.05) is 16.0 Å². The van der Waals surface area contributed by atoms with Gasteiger partial charge in [-0.15, -0.1) is 11.3 Å². The highest BCUT2D eigenvalue weighted by molar-refractivity contribution is 7.71. The molecule has 2 aromatic rings. The number of H-pyrrole nitrogens is 1. The molecule has 1 aliphatic carbocycles. The van der Waals surface area contributed by atoms with Crippen LogP contribution in [0.5, 0.6) is 0 Å². The second kappa shape index (κ2) is 3.78. The predicted octanol–water partition coefficient (Wildman–Crippen LogP) is 3.41. The minimum Gasteiger partial charge on any atom is -0.331 e. The van der Waals surface area contributed by atoms with Gasteiger partial charge in [0.15, 0.2) is 4.77 Å². The molecule has 0 aromatic carbocycles. The molecule has 90 valence electrons. The zero-order valence-electron chi connectivity index (χ0n) is 9.66. The Morgan fingerprint density at radius 1 is 1.59 bits per heavy atom. The van der Waals surface area contributed by atoms with Crippen LogP contribution < -0.4 is 5.56 Å². The number of nitrogens with zero attached hydrogens (tertiary/aromatic N) is 1. The minimum atomic E-state index is -0.0250. The maximum Gasteiger partial charge on any atom is 0.272 e. The van der Waals surface area contributed by atoms with Gasteiger partial charge in [-0.3, -0.25) is 9.36 Å². The average molecular weight is 266 g/mol. The molecule has 1 saturated carbocycles. The molecule has 0 spiro atoms. The van der Waals surface area contributed by atoms with Gasteiger partial charge in [0.2, 0.25) is 0 Å². The van der Waals surface area contributed by atoms with Crippen molar-refractivity contribution in [3.63, 3.8) is 0 Å². The highest BCUT2D eigenvalue weighted by Gasteiger charge is 2.38. The molecule has 1 N–H and O–H groups in total. The van der Waals surface area contributed by atoms with Crippen molar-refractivity contribution < 1.29 is 0 Å². The summed E-state index contributed by atoms with van der Waals surface area (Å²) in [6.07, 6.45) is 4.30. The van der Waals surface area contributed by atoms with Gasteiger partial charge in [-0.25, -0.2) is 0 Å². The quantitative estimate of drug-likeness (QED) is 0.846. The SMILES string of the molecule is CCC1(n2c(=S)[nH]c3ccsc3c2=O)CCC1. The second-order valence-corrected chi connectivity index (χ2v) is 5.97. The standard InChI is InChI=1S/C12H14N2OS2/c1-2-12(5-3-6-12)14-10(15)9-8(4-7-17-9)13-11(14)16/h4,7H,2-3,5-6H2,1H3,(H,13,16). The van der Waals surface area contributed by atoms with E-state index in [9.17, 15) is 4.79 Å². The summed E-state index contributed by atoms with van der Waals surface area (Å²) >= 11 is 6.85. The van der Waals surface area contributed by atoms with E-state index in [-0.39, 0.29) is 11.1 Å². The van der Waals surface area contributed by atoms with E-state index < -0.39 is 0 Å². The van der Waals surface area contributed by atoms with Gasteiger partial charge in [-0.05, 0) is 49.3 Å². The monoisotopic (exact) mass is 266 g/mol. The molecule has 1 aliphatic rings. The molecule has 0 amide bonds. The summed E-state index contributed by atoms with van der Waals surface area (Å²) in [5.41, 5.74) is 0.926. The third kappa shape index (κ3) is 1.45. The molecule has 0 bridgehead atoms. The van der Waals surface area contributed by atoms with Crippen LogP contribution in [-0.2, 0) is 5.54 Å². The number of rotatable bonds is 2. The summed E-state index contributed by atoms with van der Waals surface area (Å²) in [4.78, 5) is 15.7. The van der Waals surface area contributed by atoms with Gasteiger partial charge >= 0.3 is 0 Å². The van der Waals surface area contributed by atoms with E-state index in [0.29, 0.717) is 4.77 Å². The first-order valence-electron chi connectivity index (χ1n) is 5.91. The molecule has 0 saturated heterocycles. The second-order valence-electron chi connectivity index (χ2n) is 4.67. The Balaban J connectivity index is 2.36. The molecule has 3 rings (SSSR count). The molecule has 0 atom stereocenters. The lowest BCUT2D eigenvalue weighted by Crippen LogP contribution is -2.46. The van der Waals surface area contributed by atoms with Gasteiger partial charge in [-0.1, -0.05) is 6.92 Å². The molecule has 17 heavy (non-hydrogen) atoms. The Kier molecular flexibility index (Phi) is 2.48. The number of nitrogens with one attached hydrogen (secondary N) is 1. The number of hydrogen-bond donors (Lipinski definition) is 1. The average Bonchev–Trinajstić information content (AvgIpc) is 2.69. The van der Waals surface area contributed by atoms with Crippen molar-refractivity contribution in [1.82, 2.24) is 9.55 Å². The summed E-state index contributed by atoms with van der Waals surface area (Å²) in [7, 11) is 0. The van der Waals surface area contributed by atoms with Crippen LogP contribution >= 0.6 is 23.6 Å². The zero-order chi connectivity index (χ0) is 12.0. The van der Waals surface area contributed by atoms with E-state index in [0.717, 1.165) is 29.5 Å². The Bertz CT molecular complexity index is 670. The van der Waals surface area contributed by atoms with E-state index >= 15 is 0 Å². The van der Waals surface area contributed by atoms with Crippen LogP contribution in [0, 0.1) is 4.77 Å². The number of hydrogen-bond acceptors (Lipinski definition) is 3. The summed E-state index contributed by atoms with van der Waals surface area (Å²) < 4.78 is 3.19. The van der Waals surface area contributed by atoms with Gasteiger partial charge < -0.3 is 4.98 Å². The first kappa shape index (κ1) is 11.2. The van der Waals surface area contributed by atoms with Crippen molar-refractivity contribution in [2.45, 2.75) is 38.1 Å². The van der Waals surface area contributed by atoms with Gasteiger partial charge in [0.1, 0.15) is 4.70 Å². The van der Waals surface area contributed by atoms with Crippen molar-refractivity contribution >= 4 is 33.8 Å². The third-order valence-corrected chi connectivity index (χ3v) is 5.11. The summed E-state index contributed by atoms with van der Waals surface area (Å²) in [5, 5.41) is 1.93. The summed E-state index contributed by atoms with van der Waals surface area (Å²) in [6.45, 7) is 2.14. The number of fused-ring (bicyclic) bond motifs is 1. The van der Waals surface area contributed by atoms with Crippen molar-refractivity contribution in [3.8, 4) is 0 Å². The normalized spacial score (nSPS) is 18.2. The Morgan fingerprint density at radius 3 is 2.94 bits per heavy atom. The lowest BCUT2D eigenvalue weighted by Gasteiger charge is -2.42. The zero-order valence-corrected chi connectivity index (χ0v) is 11.3. The van der Waals surface area contributed by atoms with Gasteiger partial charge in [0, 0.05) is 0 Å². The number of aromatic nitrogens is 2. The molecular formula is C12H14N2OS2. The lowest BCUT2D eigenvalue weighted by atomic mass is 9.74. The molecule has 1 fully saturated rings. The molecular weight excluding hydrogens is 252 g/mol. The van der Waals surface area contributed by atoms with Gasteiger partial charge in [-0.2, -0.15) is 0 Å². The first-order chi connectivity index (χ1) is 8.18. The smallest absolute Gasteiger partial charge is 0.272 e. The topological polar surface area (TPSA) is 37.8 Å². The summed E-state index contributed by atoms with van der Waals surface area (Å²) in [5.74, 6) is 0. The van der Waals surface area contributed by atoms with Crippen LogP contribution in [0.4, 0.5) is 0 Å². The van der Waals surface area contributed by atoms with Crippen molar-refractivity contribution in [3.05, 3.63) is 26.6 Å². The molecule has 3 nitrogen and oxygen atoms in total. The fourth-order valence-electron chi connectivity index (χ4n) is 2.69. The molecule has 0 unspecified atom stereocenters. The Hall–Kier alpha value is -0.940. The van der Waals surface area contributed by atoms with Crippen LogP contribution in [0.25, 0.3) is 10.2 Å². The first-order valence-corrected chi connectivity index (χ1v) is 7.20. The predicted molar refractivity (Wildman–Crippen MR) is 73.4 cm³/mol. The Labute approximate surface area is 108 Å². The fourth-order valence-corrected chi connectivity index (χ4v) is 3.85. The highest BCUT2D eigenvalue weighted by Crippen LogP contribution is 2.41. The molecule has 2 heterocycles. The van der Waals surface area contributed by atoms with Crippen LogP contribution in [0.1, 0.15) is 32.6 Å². The largest absolute Gasteiger partial charge is 0.331 e. The van der Waals surface area contributed by atoms with E-state index in [1.165, 1.54) is 17.8 Å². The van der Waals surface area contributed by atoms with Crippen molar-refractivity contribution in [2.24, 2.45) is 0 Å². The van der Waals surface area contributed by atoms with Gasteiger partial charge in [0.25, 0.3) is 5.56 Å². The van der Waals surface area contributed by atoms with Crippen molar-refractivity contribution in [1.29, 1.82) is 0 Å². The number of thiophene rings is 1. The number of aromatic amines is 1. The van der Waals surface area contributed by atoms with E-state index in [2.05, 4.69) is 11.9 Å². The molecule has 5 heteroatoms. The maximum absolute atomic E-state index is 12.5. The van der Waals surface area contributed by atoms with Crippen LogP contribution in [-0.4, -0.2) is 9.55 Å². The van der Waals surface area contributed by atoms with Crippen molar-refractivity contribution in [2.75, 3.05) is 0 Å². The fraction of sp³-hybridized carbons (Fsp3) is 0.500. The van der Waals surface area contributed by atoms with E-state index in [4.69, 9.17) is 12.2 Å². The van der Waals surface area contributed by atoms with Gasteiger partial charge in [0.05, 0.1) is 11.1 Å². The minimum absolute atomic E-state index is 0.0250. The maximum atomic E-state index is 12.5. The van der Waals surface area contributed by atoms with Crippen LogP contribution in [0.2, 0.25) is 0 Å². The van der Waals surface area contributed by atoms with Crippen LogP contribution in [0.15, 0.2) is 16.2 Å². The van der Waals surface area contributed by atoms with Crippen LogP contribution in [0.3, 0.4) is 0 Å². The van der Waals surface area contributed by atoms with E-state index in [1.54, 1.807) is 0 Å². The summed E-state index contributed by atoms with van der Waals surface area (Å²) in [6, 6.07) is 1.92.